The molecule has 0 aliphatic heterocycles. The molecule has 4 rings (SSSR count). The van der Waals surface area contributed by atoms with Crippen molar-refractivity contribution < 1.29 is 27.4 Å². The van der Waals surface area contributed by atoms with Crippen LogP contribution >= 0.6 is 0 Å². The third kappa shape index (κ3) is 4.56. The summed E-state index contributed by atoms with van der Waals surface area (Å²) in [4.78, 5) is 23.5. The second-order valence-corrected chi connectivity index (χ2v) is 6.54. The number of carbonyl (C=O) groups excluding carboxylic acids is 1. The van der Waals surface area contributed by atoms with Crippen LogP contribution in [0.5, 0.6) is 17.4 Å². The number of amides is 2. The standard InChI is InChI=1S/C21H16F3N5O3/c1-31-17-10-14(32-19-18-16(7-8-25-18)26-11-27-19)5-6-15(17)29-20(30)28-13-4-2-3-12(9-13)21(22,23)24/h2-11,25H,1H3,(H2,28,29,30). The van der Waals surface area contributed by atoms with E-state index < -0.39 is 17.8 Å². The van der Waals surface area contributed by atoms with E-state index in [0.717, 1.165) is 12.1 Å². The van der Waals surface area contributed by atoms with Crippen LogP contribution < -0.4 is 20.1 Å². The molecular weight excluding hydrogens is 427 g/mol. The molecule has 2 amide bonds. The number of ether oxygens (including phenoxy) is 2. The van der Waals surface area contributed by atoms with Crippen molar-refractivity contribution in [2.45, 2.75) is 6.18 Å². The zero-order valence-corrected chi connectivity index (χ0v) is 16.5. The fourth-order valence-corrected chi connectivity index (χ4v) is 2.93. The lowest BCUT2D eigenvalue weighted by atomic mass is 10.2. The molecule has 8 nitrogen and oxygen atoms in total. The van der Waals surface area contributed by atoms with Crippen LogP contribution in [0.3, 0.4) is 0 Å². The Hall–Kier alpha value is -4.28. The predicted molar refractivity (Wildman–Crippen MR) is 111 cm³/mol. The molecule has 164 valence electrons. The number of aromatic amines is 1. The number of nitrogens with one attached hydrogen (secondary N) is 3. The summed E-state index contributed by atoms with van der Waals surface area (Å²) < 4.78 is 49.6. The molecule has 0 unspecified atom stereocenters. The summed E-state index contributed by atoms with van der Waals surface area (Å²) >= 11 is 0. The smallest absolute Gasteiger partial charge is 0.416 e. The fourth-order valence-electron chi connectivity index (χ4n) is 2.93. The van der Waals surface area contributed by atoms with Crippen molar-refractivity contribution >= 4 is 28.4 Å². The highest BCUT2D eigenvalue weighted by atomic mass is 19.4. The maximum atomic E-state index is 12.8. The van der Waals surface area contributed by atoms with Crippen molar-refractivity contribution in [3.8, 4) is 17.4 Å². The molecule has 2 aromatic carbocycles. The summed E-state index contributed by atoms with van der Waals surface area (Å²) in [5.41, 5.74) is 0.725. The van der Waals surface area contributed by atoms with E-state index in [-0.39, 0.29) is 17.1 Å². The average molecular weight is 443 g/mol. The molecule has 2 aromatic heterocycles. The highest BCUT2D eigenvalue weighted by Gasteiger charge is 2.30. The molecule has 3 N–H and O–H groups in total. The second kappa shape index (κ2) is 8.46. The number of anilines is 2. The number of halogens is 3. The molecule has 0 aliphatic carbocycles. The molecule has 0 aliphatic rings. The number of rotatable bonds is 5. The van der Waals surface area contributed by atoms with Gasteiger partial charge < -0.3 is 25.1 Å². The molecule has 0 atom stereocenters. The van der Waals surface area contributed by atoms with Gasteiger partial charge in [0.15, 0.2) is 0 Å². The van der Waals surface area contributed by atoms with Crippen LogP contribution in [0.2, 0.25) is 0 Å². The summed E-state index contributed by atoms with van der Waals surface area (Å²) in [6.07, 6.45) is -1.43. The number of hydrogen-bond donors (Lipinski definition) is 3. The minimum Gasteiger partial charge on any atom is -0.494 e. The quantitative estimate of drug-likeness (QED) is 0.382. The van der Waals surface area contributed by atoms with E-state index in [1.54, 1.807) is 18.3 Å². The van der Waals surface area contributed by atoms with E-state index in [0.29, 0.717) is 22.7 Å². The molecular formula is C21H16F3N5O3. The summed E-state index contributed by atoms with van der Waals surface area (Å²) in [5.74, 6) is 0.976. The maximum Gasteiger partial charge on any atom is 0.416 e. The molecule has 2 heterocycles. The number of benzene rings is 2. The van der Waals surface area contributed by atoms with E-state index in [1.165, 1.54) is 37.7 Å². The summed E-state index contributed by atoms with van der Waals surface area (Å²) in [6.45, 7) is 0. The van der Waals surface area contributed by atoms with Gasteiger partial charge in [-0.2, -0.15) is 18.2 Å². The van der Waals surface area contributed by atoms with Gasteiger partial charge in [-0.15, -0.1) is 0 Å². The lowest BCUT2D eigenvalue weighted by Gasteiger charge is -2.14. The van der Waals surface area contributed by atoms with E-state index >= 15 is 0 Å². The first-order valence-electron chi connectivity index (χ1n) is 9.23. The van der Waals surface area contributed by atoms with Crippen molar-refractivity contribution in [3.05, 3.63) is 66.6 Å². The highest BCUT2D eigenvalue weighted by Crippen LogP contribution is 2.33. The van der Waals surface area contributed by atoms with Gasteiger partial charge in [-0.25, -0.2) is 9.78 Å². The first kappa shape index (κ1) is 21.0. The number of alkyl halides is 3. The van der Waals surface area contributed by atoms with Crippen molar-refractivity contribution in [2.24, 2.45) is 0 Å². The second-order valence-electron chi connectivity index (χ2n) is 6.54. The molecule has 11 heteroatoms. The minimum atomic E-state index is -4.51. The minimum absolute atomic E-state index is 0.00466. The lowest BCUT2D eigenvalue weighted by Crippen LogP contribution is -2.20. The fraction of sp³-hybridized carbons (Fsp3) is 0.0952. The van der Waals surface area contributed by atoms with Crippen LogP contribution in [0, 0.1) is 0 Å². The predicted octanol–water partition coefficient (Wildman–Crippen LogP) is 5.42. The van der Waals surface area contributed by atoms with Crippen LogP contribution in [-0.2, 0) is 6.18 Å². The Morgan fingerprint density at radius 2 is 1.91 bits per heavy atom. The number of H-pyrrole nitrogens is 1. The summed E-state index contributed by atoms with van der Waals surface area (Å²) in [7, 11) is 1.41. The Bertz CT molecular complexity index is 1270. The monoisotopic (exact) mass is 443 g/mol. The SMILES string of the molecule is COc1cc(Oc2ncnc3cc[nH]c23)ccc1NC(=O)Nc1cccc(C(F)(F)F)c1. The van der Waals surface area contributed by atoms with Gasteiger partial charge in [-0.3, -0.25) is 0 Å². The van der Waals surface area contributed by atoms with Crippen molar-refractivity contribution in [3.63, 3.8) is 0 Å². The van der Waals surface area contributed by atoms with Crippen LogP contribution in [0.4, 0.5) is 29.3 Å². The number of urea groups is 1. The Balaban J connectivity index is 1.48. The first-order valence-corrected chi connectivity index (χ1v) is 9.23. The summed E-state index contributed by atoms with van der Waals surface area (Å²) in [6, 6.07) is 10.0. The van der Waals surface area contributed by atoms with Gasteiger partial charge in [-0.1, -0.05) is 6.07 Å². The van der Waals surface area contributed by atoms with Gasteiger partial charge in [0.1, 0.15) is 23.3 Å². The van der Waals surface area contributed by atoms with Gasteiger partial charge in [0, 0.05) is 18.0 Å². The van der Waals surface area contributed by atoms with Crippen molar-refractivity contribution in [1.82, 2.24) is 15.0 Å². The number of hydrogen-bond acceptors (Lipinski definition) is 5. The highest BCUT2D eigenvalue weighted by molar-refractivity contribution is 6.00. The topological polar surface area (TPSA) is 101 Å². The maximum absolute atomic E-state index is 12.8. The van der Waals surface area contributed by atoms with Gasteiger partial charge in [0.2, 0.25) is 5.88 Å². The third-order valence-corrected chi connectivity index (χ3v) is 4.39. The number of fused-ring (bicyclic) bond motifs is 1. The number of nitrogens with zero attached hydrogens (tertiary/aromatic N) is 2. The molecule has 0 spiro atoms. The van der Waals surface area contributed by atoms with Gasteiger partial charge in [0.05, 0.1) is 23.9 Å². The van der Waals surface area contributed by atoms with E-state index in [2.05, 4.69) is 25.6 Å². The third-order valence-electron chi connectivity index (χ3n) is 4.39. The van der Waals surface area contributed by atoms with Crippen molar-refractivity contribution in [2.75, 3.05) is 17.7 Å². The van der Waals surface area contributed by atoms with Crippen LogP contribution in [0.1, 0.15) is 5.56 Å². The molecule has 32 heavy (non-hydrogen) atoms. The van der Waals surface area contributed by atoms with Crippen molar-refractivity contribution in [1.29, 1.82) is 0 Å². The molecule has 4 aromatic rings. The number of methoxy groups -OCH3 is 1. The lowest BCUT2D eigenvalue weighted by molar-refractivity contribution is -0.137. The zero-order valence-electron chi connectivity index (χ0n) is 16.5. The molecule has 0 bridgehead atoms. The van der Waals surface area contributed by atoms with Gasteiger partial charge in [-0.05, 0) is 36.4 Å². The Morgan fingerprint density at radius 1 is 1.06 bits per heavy atom. The molecule has 0 fully saturated rings. The van der Waals surface area contributed by atoms with Gasteiger partial charge in [0.25, 0.3) is 0 Å². The average Bonchev–Trinajstić information content (AvgIpc) is 3.24. The van der Waals surface area contributed by atoms with E-state index in [1.807, 2.05) is 0 Å². The molecule has 0 saturated heterocycles. The Labute approximate surface area is 179 Å². The number of carbonyl (C=O) groups is 1. The van der Waals surface area contributed by atoms with Crippen LogP contribution in [0.25, 0.3) is 11.0 Å². The van der Waals surface area contributed by atoms with Gasteiger partial charge >= 0.3 is 12.2 Å². The van der Waals surface area contributed by atoms with Crippen LogP contribution in [-0.4, -0.2) is 28.1 Å². The first-order chi connectivity index (χ1) is 15.3. The van der Waals surface area contributed by atoms with E-state index in [4.69, 9.17) is 9.47 Å². The van der Waals surface area contributed by atoms with Crippen LogP contribution in [0.15, 0.2) is 61.1 Å². The molecule has 0 saturated carbocycles. The normalized spacial score (nSPS) is 11.2. The van der Waals surface area contributed by atoms with E-state index in [9.17, 15) is 18.0 Å². The Morgan fingerprint density at radius 3 is 2.69 bits per heavy atom. The molecule has 0 radical (unpaired) electrons. The summed E-state index contributed by atoms with van der Waals surface area (Å²) in [5, 5.41) is 4.91. The largest absolute Gasteiger partial charge is 0.494 e. The Kier molecular flexibility index (Phi) is 5.54. The number of aromatic nitrogens is 3. The zero-order chi connectivity index (χ0) is 22.7.